The molecule has 136 valence electrons. The molecular weight excluding hydrogens is 338 g/mol. The van der Waals surface area contributed by atoms with E-state index in [0.717, 1.165) is 0 Å². The van der Waals surface area contributed by atoms with E-state index in [-0.39, 0.29) is 17.3 Å². The summed E-state index contributed by atoms with van der Waals surface area (Å²) in [6, 6.07) is 10.3. The predicted octanol–water partition coefficient (Wildman–Crippen LogP) is 2.66. The second-order valence-electron chi connectivity index (χ2n) is 5.59. The van der Waals surface area contributed by atoms with Gasteiger partial charge in [-0.25, -0.2) is 4.79 Å². The average molecular weight is 357 g/mol. The van der Waals surface area contributed by atoms with Crippen molar-refractivity contribution in [2.24, 2.45) is 0 Å². The SMILES string of the molecule is CNC(=O)Nc1ccc(NC(=O)c2cc([N+](=O)[O-])ccc2N(C)C)cc1. The van der Waals surface area contributed by atoms with E-state index in [2.05, 4.69) is 16.0 Å². The van der Waals surface area contributed by atoms with Crippen molar-refractivity contribution < 1.29 is 14.5 Å². The first-order valence-corrected chi connectivity index (χ1v) is 7.67. The summed E-state index contributed by atoms with van der Waals surface area (Å²) in [5.74, 6) is -0.468. The van der Waals surface area contributed by atoms with E-state index < -0.39 is 10.8 Å². The zero-order chi connectivity index (χ0) is 19.3. The molecule has 0 radical (unpaired) electrons. The number of nitro groups is 1. The molecule has 0 aliphatic carbocycles. The first-order valence-electron chi connectivity index (χ1n) is 7.67. The summed E-state index contributed by atoms with van der Waals surface area (Å²) in [5.41, 5.74) is 1.65. The second kappa shape index (κ2) is 7.97. The van der Waals surface area contributed by atoms with Gasteiger partial charge in [0.1, 0.15) is 0 Å². The molecule has 0 aromatic heterocycles. The van der Waals surface area contributed by atoms with Crippen molar-refractivity contribution in [3.8, 4) is 0 Å². The molecular formula is C17H19N5O4. The van der Waals surface area contributed by atoms with Gasteiger partial charge < -0.3 is 20.9 Å². The van der Waals surface area contributed by atoms with Gasteiger partial charge in [0.2, 0.25) is 0 Å². The van der Waals surface area contributed by atoms with Crippen molar-refractivity contribution >= 4 is 34.7 Å². The molecule has 0 fully saturated rings. The van der Waals surface area contributed by atoms with E-state index in [4.69, 9.17) is 0 Å². The van der Waals surface area contributed by atoms with Gasteiger partial charge in [-0.1, -0.05) is 0 Å². The van der Waals surface area contributed by atoms with Crippen molar-refractivity contribution in [1.29, 1.82) is 0 Å². The number of rotatable bonds is 5. The summed E-state index contributed by atoms with van der Waals surface area (Å²) in [6.07, 6.45) is 0. The van der Waals surface area contributed by atoms with Crippen molar-refractivity contribution in [1.82, 2.24) is 5.32 Å². The van der Waals surface area contributed by atoms with Gasteiger partial charge in [0, 0.05) is 50.3 Å². The fourth-order valence-electron chi connectivity index (χ4n) is 2.24. The zero-order valence-corrected chi connectivity index (χ0v) is 14.6. The van der Waals surface area contributed by atoms with Crippen molar-refractivity contribution in [2.45, 2.75) is 0 Å². The molecule has 0 saturated heterocycles. The average Bonchev–Trinajstić information content (AvgIpc) is 2.62. The molecule has 9 heteroatoms. The lowest BCUT2D eigenvalue weighted by Gasteiger charge is -2.17. The van der Waals surface area contributed by atoms with Gasteiger partial charge in [-0.05, 0) is 30.3 Å². The van der Waals surface area contributed by atoms with Gasteiger partial charge in [-0.3, -0.25) is 14.9 Å². The van der Waals surface area contributed by atoms with Crippen LogP contribution in [0, 0.1) is 10.1 Å². The molecule has 2 rings (SSSR count). The molecule has 0 aliphatic rings. The number of hydrogen-bond donors (Lipinski definition) is 3. The highest BCUT2D eigenvalue weighted by Gasteiger charge is 2.18. The molecule has 0 aliphatic heterocycles. The Morgan fingerprint density at radius 1 is 1.00 bits per heavy atom. The van der Waals surface area contributed by atoms with Crippen LogP contribution in [0.2, 0.25) is 0 Å². The Hall–Kier alpha value is -3.62. The van der Waals surface area contributed by atoms with E-state index in [9.17, 15) is 19.7 Å². The smallest absolute Gasteiger partial charge is 0.318 e. The van der Waals surface area contributed by atoms with Crippen LogP contribution >= 0.6 is 0 Å². The molecule has 2 aromatic carbocycles. The lowest BCUT2D eigenvalue weighted by molar-refractivity contribution is -0.384. The Labute approximate surface area is 150 Å². The molecule has 0 heterocycles. The minimum absolute atomic E-state index is 0.161. The molecule has 0 unspecified atom stereocenters. The Kier molecular flexibility index (Phi) is 5.74. The lowest BCUT2D eigenvalue weighted by atomic mass is 10.1. The molecule has 0 saturated carbocycles. The second-order valence-corrected chi connectivity index (χ2v) is 5.59. The zero-order valence-electron chi connectivity index (χ0n) is 14.6. The Morgan fingerprint density at radius 2 is 1.58 bits per heavy atom. The third kappa shape index (κ3) is 4.47. The van der Waals surface area contributed by atoms with Gasteiger partial charge in [-0.2, -0.15) is 0 Å². The van der Waals surface area contributed by atoms with E-state index in [0.29, 0.717) is 17.1 Å². The Bertz CT molecular complexity index is 834. The number of non-ortho nitro benzene ring substituents is 1. The van der Waals surface area contributed by atoms with Crippen LogP contribution in [0.25, 0.3) is 0 Å². The first kappa shape index (κ1) is 18.7. The van der Waals surface area contributed by atoms with Crippen molar-refractivity contribution in [2.75, 3.05) is 36.7 Å². The maximum absolute atomic E-state index is 12.6. The van der Waals surface area contributed by atoms with Gasteiger partial charge in [-0.15, -0.1) is 0 Å². The van der Waals surface area contributed by atoms with Crippen molar-refractivity contribution in [3.63, 3.8) is 0 Å². The number of nitro benzene ring substituents is 1. The van der Waals surface area contributed by atoms with Crippen LogP contribution in [0.5, 0.6) is 0 Å². The van der Waals surface area contributed by atoms with E-state index in [1.54, 1.807) is 43.3 Å². The number of carbonyl (C=O) groups excluding carboxylic acids is 2. The number of amides is 3. The fraction of sp³-hybridized carbons (Fsp3) is 0.176. The number of hydrogen-bond acceptors (Lipinski definition) is 5. The number of benzene rings is 2. The highest BCUT2D eigenvalue weighted by atomic mass is 16.6. The quantitative estimate of drug-likeness (QED) is 0.562. The summed E-state index contributed by atoms with van der Waals surface area (Å²) in [4.78, 5) is 36.0. The monoisotopic (exact) mass is 357 g/mol. The van der Waals surface area contributed by atoms with Crippen LogP contribution in [0.15, 0.2) is 42.5 Å². The molecule has 0 spiro atoms. The minimum atomic E-state index is -0.546. The van der Waals surface area contributed by atoms with E-state index >= 15 is 0 Å². The van der Waals surface area contributed by atoms with Crippen LogP contribution in [0.3, 0.4) is 0 Å². The topological polar surface area (TPSA) is 117 Å². The van der Waals surface area contributed by atoms with Crippen LogP contribution in [-0.2, 0) is 0 Å². The highest BCUT2D eigenvalue weighted by Crippen LogP contribution is 2.25. The number of nitrogens with zero attached hydrogens (tertiary/aromatic N) is 2. The lowest BCUT2D eigenvalue weighted by Crippen LogP contribution is -2.24. The van der Waals surface area contributed by atoms with E-state index in [1.165, 1.54) is 25.2 Å². The summed E-state index contributed by atoms with van der Waals surface area (Å²) in [6.45, 7) is 0. The molecule has 2 aromatic rings. The molecule has 9 nitrogen and oxygen atoms in total. The molecule has 3 amide bonds. The van der Waals surface area contributed by atoms with Crippen molar-refractivity contribution in [3.05, 3.63) is 58.1 Å². The normalized spacial score (nSPS) is 9.96. The standard InChI is InChI=1S/C17H19N5O4/c1-18-17(24)20-12-6-4-11(5-7-12)19-16(23)14-10-13(22(25)26)8-9-15(14)21(2)3/h4-10H,1-3H3,(H,19,23)(H2,18,20,24). The Morgan fingerprint density at radius 3 is 2.08 bits per heavy atom. The minimum Gasteiger partial charge on any atom is -0.377 e. The summed E-state index contributed by atoms with van der Waals surface area (Å²) in [7, 11) is 5.00. The van der Waals surface area contributed by atoms with Crippen LogP contribution in [0.4, 0.5) is 27.5 Å². The van der Waals surface area contributed by atoms with Crippen LogP contribution < -0.4 is 20.9 Å². The van der Waals surface area contributed by atoms with Gasteiger partial charge in [0.25, 0.3) is 11.6 Å². The Balaban J connectivity index is 2.22. The summed E-state index contributed by atoms with van der Waals surface area (Å²) >= 11 is 0. The highest BCUT2D eigenvalue weighted by molar-refractivity contribution is 6.08. The first-order chi connectivity index (χ1) is 12.3. The number of carbonyl (C=O) groups is 2. The van der Waals surface area contributed by atoms with Gasteiger partial charge in [0.15, 0.2) is 0 Å². The van der Waals surface area contributed by atoms with Crippen LogP contribution in [0.1, 0.15) is 10.4 Å². The summed E-state index contributed by atoms with van der Waals surface area (Å²) < 4.78 is 0. The van der Waals surface area contributed by atoms with Gasteiger partial charge in [0.05, 0.1) is 10.5 Å². The summed E-state index contributed by atoms with van der Waals surface area (Å²) in [5, 5.41) is 18.7. The molecule has 0 atom stereocenters. The molecule has 26 heavy (non-hydrogen) atoms. The maximum Gasteiger partial charge on any atom is 0.318 e. The number of nitrogens with one attached hydrogen (secondary N) is 3. The molecule has 3 N–H and O–H groups in total. The maximum atomic E-state index is 12.6. The number of urea groups is 1. The molecule has 0 bridgehead atoms. The number of anilines is 3. The predicted molar refractivity (Wildman–Crippen MR) is 99.9 cm³/mol. The third-order valence-electron chi connectivity index (χ3n) is 3.55. The largest absolute Gasteiger partial charge is 0.377 e. The van der Waals surface area contributed by atoms with E-state index in [1.807, 2.05) is 0 Å². The third-order valence-corrected chi connectivity index (χ3v) is 3.55. The fourth-order valence-corrected chi connectivity index (χ4v) is 2.24. The van der Waals surface area contributed by atoms with Crippen LogP contribution in [-0.4, -0.2) is 38.0 Å². The van der Waals surface area contributed by atoms with Gasteiger partial charge >= 0.3 is 6.03 Å².